The number of nitrogens with zero attached hydrogens (tertiary/aromatic N) is 3. The van der Waals surface area contributed by atoms with E-state index in [1.807, 2.05) is 13.0 Å². The van der Waals surface area contributed by atoms with Crippen LogP contribution < -0.4 is 10.6 Å². The number of ether oxygens (including phenoxy) is 1. The Balaban J connectivity index is 2.16. The topological polar surface area (TPSA) is 64.3 Å². The van der Waals surface area contributed by atoms with Crippen molar-refractivity contribution in [1.82, 2.24) is 9.97 Å². The van der Waals surface area contributed by atoms with Gasteiger partial charge < -0.3 is 15.4 Å². The van der Waals surface area contributed by atoms with Gasteiger partial charge in [0.25, 0.3) is 0 Å². The highest BCUT2D eigenvalue weighted by Gasteiger charge is 2.22. The van der Waals surface area contributed by atoms with Gasteiger partial charge in [0.1, 0.15) is 17.5 Å². The smallest absolute Gasteiger partial charge is 0.135 e. The number of anilines is 2. The van der Waals surface area contributed by atoms with Crippen molar-refractivity contribution in [2.45, 2.75) is 45.6 Å². The van der Waals surface area contributed by atoms with Gasteiger partial charge in [-0.05, 0) is 19.8 Å². The third kappa shape index (κ3) is 3.56. The van der Waals surface area contributed by atoms with Crippen molar-refractivity contribution in [3.05, 3.63) is 11.9 Å². The highest BCUT2D eigenvalue weighted by atomic mass is 16.5. The summed E-state index contributed by atoms with van der Waals surface area (Å²) in [7, 11) is 0. The summed E-state index contributed by atoms with van der Waals surface area (Å²) in [5.74, 6) is 2.58. The second-order valence-corrected chi connectivity index (χ2v) is 5.33. The van der Waals surface area contributed by atoms with Gasteiger partial charge in [0.2, 0.25) is 0 Å². The zero-order chi connectivity index (χ0) is 13.8. The lowest BCUT2D eigenvalue weighted by Gasteiger charge is -2.33. The van der Waals surface area contributed by atoms with E-state index >= 15 is 0 Å². The normalized spacial score (nSPS) is 20.0. The second-order valence-electron chi connectivity index (χ2n) is 5.33. The summed E-state index contributed by atoms with van der Waals surface area (Å²) in [6.45, 7) is 8.87. The van der Waals surface area contributed by atoms with Crippen LogP contribution in [0.1, 0.15) is 45.4 Å². The van der Waals surface area contributed by atoms with E-state index in [1.54, 1.807) is 0 Å². The van der Waals surface area contributed by atoms with Crippen LogP contribution in [0.2, 0.25) is 0 Å². The number of hydrogen-bond acceptors (Lipinski definition) is 5. The lowest BCUT2D eigenvalue weighted by Crippen LogP contribution is -2.40. The van der Waals surface area contributed by atoms with Crippen LogP contribution in [-0.4, -0.2) is 35.8 Å². The molecule has 0 amide bonds. The molecule has 2 rings (SSSR count). The first-order valence-electron chi connectivity index (χ1n) is 7.11. The lowest BCUT2D eigenvalue weighted by molar-refractivity contribution is 0.0525. The number of piperidine rings is 1. The molecular weight excluding hydrogens is 240 g/mol. The number of nitrogens with two attached hydrogens (primary N) is 1. The van der Waals surface area contributed by atoms with Gasteiger partial charge in [-0.2, -0.15) is 0 Å². The molecule has 0 saturated carbocycles. The lowest BCUT2D eigenvalue weighted by atomic mass is 10.1. The summed E-state index contributed by atoms with van der Waals surface area (Å²) in [4.78, 5) is 11.2. The molecule has 0 aromatic carbocycles. The van der Waals surface area contributed by atoms with Crippen molar-refractivity contribution < 1.29 is 4.74 Å². The van der Waals surface area contributed by atoms with E-state index in [2.05, 4.69) is 28.7 Å². The zero-order valence-corrected chi connectivity index (χ0v) is 12.1. The van der Waals surface area contributed by atoms with Crippen LogP contribution in [0.4, 0.5) is 11.6 Å². The molecule has 0 spiro atoms. The van der Waals surface area contributed by atoms with Crippen LogP contribution in [0.15, 0.2) is 6.07 Å². The molecule has 0 bridgehead atoms. The molecule has 1 aromatic heterocycles. The van der Waals surface area contributed by atoms with Crippen molar-refractivity contribution >= 4 is 11.6 Å². The maximum Gasteiger partial charge on any atom is 0.135 e. The van der Waals surface area contributed by atoms with E-state index < -0.39 is 0 Å². The maximum atomic E-state index is 5.89. The van der Waals surface area contributed by atoms with Crippen LogP contribution in [-0.2, 0) is 4.74 Å². The summed E-state index contributed by atoms with van der Waals surface area (Å²) in [5.41, 5.74) is 5.89. The van der Waals surface area contributed by atoms with E-state index in [1.165, 1.54) is 0 Å². The Hall–Kier alpha value is -1.36. The van der Waals surface area contributed by atoms with Crippen LogP contribution in [0.5, 0.6) is 0 Å². The van der Waals surface area contributed by atoms with Crippen LogP contribution in [0.25, 0.3) is 0 Å². The van der Waals surface area contributed by atoms with Crippen molar-refractivity contribution in [3.8, 4) is 0 Å². The van der Waals surface area contributed by atoms with E-state index in [0.29, 0.717) is 11.9 Å². The minimum Gasteiger partial charge on any atom is -0.384 e. The Morgan fingerprint density at radius 3 is 2.95 bits per heavy atom. The third-order valence-corrected chi connectivity index (χ3v) is 3.37. The molecule has 1 unspecified atom stereocenters. The highest BCUT2D eigenvalue weighted by Crippen LogP contribution is 2.22. The highest BCUT2D eigenvalue weighted by molar-refractivity contribution is 5.47. The fraction of sp³-hybridized carbons (Fsp3) is 0.714. The second kappa shape index (κ2) is 6.19. The molecule has 0 radical (unpaired) electrons. The fourth-order valence-electron chi connectivity index (χ4n) is 2.41. The van der Waals surface area contributed by atoms with Crippen molar-refractivity contribution in [3.63, 3.8) is 0 Å². The van der Waals surface area contributed by atoms with Crippen molar-refractivity contribution in [2.24, 2.45) is 0 Å². The monoisotopic (exact) mass is 264 g/mol. The molecule has 1 aliphatic rings. The summed E-state index contributed by atoms with van der Waals surface area (Å²) in [6.07, 6.45) is 2.56. The first-order chi connectivity index (χ1) is 9.10. The van der Waals surface area contributed by atoms with Crippen LogP contribution >= 0.6 is 0 Å². The Labute approximate surface area is 115 Å². The van der Waals surface area contributed by atoms with Crippen LogP contribution in [0.3, 0.4) is 0 Å². The predicted molar refractivity (Wildman–Crippen MR) is 77.4 cm³/mol. The first-order valence-corrected chi connectivity index (χ1v) is 7.11. The number of hydrogen-bond donors (Lipinski definition) is 1. The van der Waals surface area contributed by atoms with Gasteiger partial charge in [-0.1, -0.05) is 13.8 Å². The average molecular weight is 264 g/mol. The molecule has 1 aromatic rings. The molecule has 1 fully saturated rings. The molecule has 2 N–H and O–H groups in total. The van der Waals surface area contributed by atoms with Gasteiger partial charge in [-0.25, -0.2) is 9.97 Å². The van der Waals surface area contributed by atoms with E-state index in [0.717, 1.165) is 44.2 Å². The molecule has 5 nitrogen and oxygen atoms in total. The van der Waals surface area contributed by atoms with Crippen molar-refractivity contribution in [1.29, 1.82) is 0 Å². The Bertz CT molecular complexity index is 420. The van der Waals surface area contributed by atoms with Crippen LogP contribution in [0, 0.1) is 0 Å². The first kappa shape index (κ1) is 14.1. The minimum atomic E-state index is 0.287. The molecule has 1 saturated heterocycles. The predicted octanol–water partition coefficient (Wildman–Crippen LogP) is 2.19. The Morgan fingerprint density at radius 2 is 2.26 bits per heavy atom. The van der Waals surface area contributed by atoms with Crippen molar-refractivity contribution in [2.75, 3.05) is 30.3 Å². The van der Waals surface area contributed by atoms with Gasteiger partial charge in [-0.3, -0.25) is 0 Å². The molecule has 1 aliphatic heterocycles. The van der Waals surface area contributed by atoms with Gasteiger partial charge in [0.15, 0.2) is 0 Å². The minimum absolute atomic E-state index is 0.287. The number of nitrogen functional groups attached to an aromatic ring is 1. The standard InChI is InChI=1S/C14H24N4O/c1-4-19-11-6-5-7-18(9-11)13-8-12(15)16-14(17-13)10(2)3/h8,10-11H,4-7,9H2,1-3H3,(H2,15,16,17). The molecule has 19 heavy (non-hydrogen) atoms. The molecule has 1 atom stereocenters. The molecular formula is C14H24N4O. The van der Waals surface area contributed by atoms with E-state index in [-0.39, 0.29) is 5.92 Å². The van der Waals surface area contributed by atoms with Gasteiger partial charge in [0.05, 0.1) is 6.10 Å². The number of aromatic nitrogens is 2. The molecule has 106 valence electrons. The summed E-state index contributed by atoms with van der Waals surface area (Å²) < 4.78 is 5.73. The maximum absolute atomic E-state index is 5.89. The largest absolute Gasteiger partial charge is 0.384 e. The van der Waals surface area contributed by atoms with E-state index in [9.17, 15) is 0 Å². The van der Waals surface area contributed by atoms with E-state index in [4.69, 9.17) is 10.5 Å². The fourth-order valence-corrected chi connectivity index (χ4v) is 2.41. The molecule has 0 aliphatic carbocycles. The summed E-state index contributed by atoms with van der Waals surface area (Å²) >= 11 is 0. The Morgan fingerprint density at radius 1 is 1.47 bits per heavy atom. The quantitative estimate of drug-likeness (QED) is 0.903. The molecule has 2 heterocycles. The van der Waals surface area contributed by atoms with Gasteiger partial charge in [-0.15, -0.1) is 0 Å². The Kier molecular flexibility index (Phi) is 4.58. The third-order valence-electron chi connectivity index (χ3n) is 3.37. The average Bonchev–Trinajstić information content (AvgIpc) is 2.38. The number of rotatable bonds is 4. The summed E-state index contributed by atoms with van der Waals surface area (Å²) in [6, 6.07) is 1.86. The van der Waals surface area contributed by atoms with Gasteiger partial charge in [0, 0.05) is 31.7 Å². The zero-order valence-electron chi connectivity index (χ0n) is 12.1. The molecule has 5 heteroatoms. The van der Waals surface area contributed by atoms with Gasteiger partial charge >= 0.3 is 0 Å². The SMILES string of the molecule is CCOC1CCCN(c2cc(N)nc(C(C)C)n2)C1. The summed E-state index contributed by atoms with van der Waals surface area (Å²) in [5, 5.41) is 0.